The first-order valence-corrected chi connectivity index (χ1v) is 21.2. The van der Waals surface area contributed by atoms with Crippen LogP contribution in [0.15, 0.2) is 41.9 Å². The van der Waals surface area contributed by atoms with Gasteiger partial charge < -0.3 is 41.2 Å². The number of carbonyl (C=O) groups excluding carboxylic acids is 5. The van der Waals surface area contributed by atoms with Crippen molar-refractivity contribution in [3.05, 3.63) is 70.1 Å². The van der Waals surface area contributed by atoms with Gasteiger partial charge in [-0.05, 0) is 94.5 Å². The Morgan fingerprint density at radius 3 is 2.30 bits per heavy atom. The molecule has 6 N–H and O–H groups in total. The van der Waals surface area contributed by atoms with E-state index in [1.165, 1.54) is 11.0 Å². The molecule has 5 amide bonds. The van der Waals surface area contributed by atoms with E-state index in [9.17, 15) is 29.1 Å². The second kappa shape index (κ2) is 20.4. The molecule has 5 atom stereocenters. The third-order valence-corrected chi connectivity index (χ3v) is 11.0. The summed E-state index contributed by atoms with van der Waals surface area (Å²) in [6.45, 7) is 15.9. The van der Waals surface area contributed by atoms with Gasteiger partial charge in [-0.1, -0.05) is 51.1 Å². The average Bonchev–Trinajstić information content (AvgIpc) is 3.76. The van der Waals surface area contributed by atoms with Gasteiger partial charge in [0.15, 0.2) is 11.6 Å². The number of aryl methyl sites for hydroxylation is 3. The number of hydrogen-bond donors (Lipinski definition) is 5. The molecule has 0 spiro atoms. The summed E-state index contributed by atoms with van der Waals surface area (Å²) in [5.74, 6) is -2.55. The van der Waals surface area contributed by atoms with E-state index in [4.69, 9.17) is 15.2 Å². The molecule has 1 aliphatic heterocycles. The number of halogens is 1. The molecule has 328 valence electrons. The molecular formula is C44H61FN6O8S. The summed E-state index contributed by atoms with van der Waals surface area (Å²) in [6, 6.07) is 8.00. The van der Waals surface area contributed by atoms with E-state index < -0.39 is 70.8 Å². The van der Waals surface area contributed by atoms with Gasteiger partial charge in [0, 0.05) is 25.8 Å². The molecule has 14 nitrogen and oxygen atoms in total. The van der Waals surface area contributed by atoms with Gasteiger partial charge in [-0.25, -0.2) is 14.2 Å². The second-order valence-electron chi connectivity index (χ2n) is 17.6. The van der Waals surface area contributed by atoms with E-state index in [2.05, 4.69) is 20.9 Å². The van der Waals surface area contributed by atoms with Crippen LogP contribution in [0.3, 0.4) is 0 Å². The number of ether oxygens (including phenoxy) is 2. The Balaban J connectivity index is 1.36. The average molecular weight is 853 g/mol. The highest BCUT2D eigenvalue weighted by Gasteiger charge is 2.44. The molecule has 4 rings (SSSR count). The summed E-state index contributed by atoms with van der Waals surface area (Å²) in [4.78, 5) is 71.8. The number of aliphatic hydroxyl groups excluding tert-OH is 1. The predicted octanol–water partition coefficient (Wildman–Crippen LogP) is 5.80. The number of amides is 5. The number of likely N-dealkylation sites (tertiary alicyclic amines) is 1. The van der Waals surface area contributed by atoms with Crippen LogP contribution in [0.25, 0.3) is 10.4 Å². The Bertz CT molecular complexity index is 1990. The fraction of sp³-hybridized carbons (Fsp3) is 0.545. The second-order valence-corrected chi connectivity index (χ2v) is 18.5. The van der Waals surface area contributed by atoms with Gasteiger partial charge in [-0.3, -0.25) is 19.2 Å². The van der Waals surface area contributed by atoms with Crippen LogP contribution in [0.2, 0.25) is 0 Å². The largest absolute Gasteiger partial charge is 0.488 e. The summed E-state index contributed by atoms with van der Waals surface area (Å²) in [5.41, 5.74) is 9.47. The van der Waals surface area contributed by atoms with Crippen molar-refractivity contribution in [3.63, 3.8) is 0 Å². The smallest absolute Gasteiger partial charge is 0.407 e. The molecular weight excluding hydrogens is 792 g/mol. The number of nitrogens with two attached hydrogens (primary N) is 1. The Morgan fingerprint density at radius 1 is 1.02 bits per heavy atom. The molecule has 2 aromatic carbocycles. The standard InChI is InChI=1S/C44H61FN6O8S/c1-25-19-30(37(45)34(20-25)58-23-31(17-18-35(46)53)49-42(57)59-44(7,8)9)11-10-12-36(54)50-39(43(4,5)6)41(56)51-22-32(52)21-33(51)40(55)48-26(2)28-13-15-29(16-14-28)38-27(3)47-24-60-38/h13-16,19-20,24,26,31-33,39,52H,10-12,17-18,21-23H2,1-9H3,(H2,46,53)(H,48,55)(H,49,57)(H,50,54)/t26?,31?,32-,33+,39?/m1/s1. The summed E-state index contributed by atoms with van der Waals surface area (Å²) in [6.07, 6.45) is -1.06. The normalized spacial score (nSPS) is 17.0. The quantitative estimate of drug-likeness (QED) is 0.111. The van der Waals surface area contributed by atoms with Crippen LogP contribution in [0, 0.1) is 25.1 Å². The highest BCUT2D eigenvalue weighted by atomic mass is 32.1. The van der Waals surface area contributed by atoms with E-state index in [0.29, 0.717) is 11.1 Å². The number of aliphatic hydroxyl groups is 1. The zero-order valence-corrected chi connectivity index (χ0v) is 37.0. The van der Waals surface area contributed by atoms with Crippen molar-refractivity contribution in [2.24, 2.45) is 11.1 Å². The number of carbonyl (C=O) groups is 5. The van der Waals surface area contributed by atoms with E-state index in [1.807, 2.05) is 58.9 Å². The fourth-order valence-electron chi connectivity index (χ4n) is 6.96. The molecule has 16 heteroatoms. The Hall–Kier alpha value is -5.09. The summed E-state index contributed by atoms with van der Waals surface area (Å²) < 4.78 is 26.9. The van der Waals surface area contributed by atoms with Gasteiger partial charge in [0.1, 0.15) is 24.3 Å². The van der Waals surface area contributed by atoms with Crippen molar-refractivity contribution in [1.29, 1.82) is 0 Å². The SMILES string of the molecule is Cc1cc(CCCC(=O)NC(C(=O)N2C[C@H](O)C[C@H]2C(=O)NC(C)c2ccc(-c3scnc3C)cc2)C(C)(C)C)c(F)c(OCC(CCC(N)=O)NC(=O)OC(C)(C)C)c1. The summed E-state index contributed by atoms with van der Waals surface area (Å²) >= 11 is 1.56. The van der Waals surface area contributed by atoms with Crippen molar-refractivity contribution in [3.8, 4) is 16.2 Å². The van der Waals surface area contributed by atoms with E-state index in [-0.39, 0.29) is 63.5 Å². The minimum atomic E-state index is -1.02. The number of thiazole rings is 1. The van der Waals surface area contributed by atoms with Gasteiger partial charge >= 0.3 is 6.09 Å². The molecule has 3 aromatic rings. The van der Waals surface area contributed by atoms with Crippen molar-refractivity contribution in [1.82, 2.24) is 25.8 Å². The lowest BCUT2D eigenvalue weighted by Gasteiger charge is -2.35. The Morgan fingerprint density at radius 2 is 1.70 bits per heavy atom. The van der Waals surface area contributed by atoms with Gasteiger partial charge in [-0.15, -0.1) is 11.3 Å². The third kappa shape index (κ3) is 13.7. The number of aromatic nitrogens is 1. The molecule has 1 saturated heterocycles. The molecule has 2 heterocycles. The summed E-state index contributed by atoms with van der Waals surface area (Å²) in [5, 5.41) is 19.2. The highest BCUT2D eigenvalue weighted by Crippen LogP contribution is 2.30. The first-order chi connectivity index (χ1) is 28.0. The molecule has 1 aliphatic rings. The number of benzene rings is 2. The van der Waals surface area contributed by atoms with Gasteiger partial charge in [0.05, 0.1) is 34.3 Å². The first kappa shape index (κ1) is 47.6. The van der Waals surface area contributed by atoms with E-state index in [1.54, 1.807) is 50.6 Å². The highest BCUT2D eigenvalue weighted by molar-refractivity contribution is 7.13. The van der Waals surface area contributed by atoms with Gasteiger partial charge in [0.2, 0.25) is 23.6 Å². The lowest BCUT2D eigenvalue weighted by atomic mass is 9.85. The molecule has 3 unspecified atom stereocenters. The lowest BCUT2D eigenvalue weighted by molar-refractivity contribution is -0.144. The molecule has 60 heavy (non-hydrogen) atoms. The maximum atomic E-state index is 15.7. The zero-order valence-electron chi connectivity index (χ0n) is 36.1. The number of alkyl carbamates (subject to hydrolysis) is 1. The molecule has 0 bridgehead atoms. The number of hydrogen-bond acceptors (Lipinski definition) is 10. The number of rotatable bonds is 17. The van der Waals surface area contributed by atoms with Crippen LogP contribution >= 0.6 is 11.3 Å². The maximum absolute atomic E-state index is 15.7. The topological polar surface area (TPSA) is 202 Å². The van der Waals surface area contributed by atoms with Crippen LogP contribution in [0.4, 0.5) is 9.18 Å². The minimum absolute atomic E-state index is 0.0240. The monoisotopic (exact) mass is 852 g/mol. The van der Waals surface area contributed by atoms with Crippen LogP contribution in [0.5, 0.6) is 5.75 Å². The Kier molecular flexibility index (Phi) is 16.2. The predicted molar refractivity (Wildman–Crippen MR) is 228 cm³/mol. The number of primary amides is 1. The first-order valence-electron chi connectivity index (χ1n) is 20.3. The maximum Gasteiger partial charge on any atom is 0.407 e. The number of nitrogens with zero attached hydrogens (tertiary/aromatic N) is 2. The van der Waals surface area contributed by atoms with Crippen LogP contribution in [-0.4, -0.2) is 87.7 Å². The molecule has 0 radical (unpaired) electrons. The molecule has 0 saturated carbocycles. The lowest BCUT2D eigenvalue weighted by Crippen LogP contribution is -2.57. The molecule has 1 fully saturated rings. The minimum Gasteiger partial charge on any atom is -0.488 e. The number of nitrogens with one attached hydrogen (secondary N) is 3. The van der Waals surface area contributed by atoms with Crippen molar-refractivity contribution >= 4 is 41.1 Å². The zero-order chi connectivity index (χ0) is 44.5. The van der Waals surface area contributed by atoms with Crippen molar-refractivity contribution in [2.45, 2.75) is 137 Å². The van der Waals surface area contributed by atoms with Gasteiger partial charge in [-0.2, -0.15) is 0 Å². The van der Waals surface area contributed by atoms with E-state index in [0.717, 1.165) is 21.7 Å². The van der Waals surface area contributed by atoms with Gasteiger partial charge in [0.25, 0.3) is 0 Å². The van der Waals surface area contributed by atoms with Crippen LogP contribution in [-0.2, 0) is 30.3 Å². The van der Waals surface area contributed by atoms with Crippen LogP contribution < -0.4 is 26.4 Å². The van der Waals surface area contributed by atoms with Crippen LogP contribution in [0.1, 0.15) is 109 Å². The van der Waals surface area contributed by atoms with E-state index >= 15 is 4.39 Å². The number of β-amino-alcohol motifs (C(OH)–C–C–N with tert-alkyl or cyclic N) is 1. The van der Waals surface area contributed by atoms with Crippen molar-refractivity contribution < 1.29 is 42.9 Å². The molecule has 1 aromatic heterocycles. The third-order valence-electron chi connectivity index (χ3n) is 10.1. The Labute approximate surface area is 356 Å². The van der Waals surface area contributed by atoms with Crippen molar-refractivity contribution in [2.75, 3.05) is 13.2 Å². The fourth-order valence-corrected chi connectivity index (χ4v) is 7.77. The summed E-state index contributed by atoms with van der Waals surface area (Å²) in [7, 11) is 0. The molecule has 0 aliphatic carbocycles.